The molecular weight excluding hydrogens is 244 g/mol. The first-order chi connectivity index (χ1) is 9.92. The zero-order valence-electron chi connectivity index (χ0n) is 11.2. The van der Waals surface area contributed by atoms with Crippen LogP contribution in [0.5, 0.6) is 0 Å². The first-order valence-electron chi connectivity index (χ1n) is 7.12. The van der Waals surface area contributed by atoms with Crippen LogP contribution in [0, 0.1) is 0 Å². The molecule has 0 aliphatic heterocycles. The number of para-hydroxylation sites is 1. The van der Waals surface area contributed by atoms with Gasteiger partial charge in [-0.2, -0.15) is 5.10 Å². The van der Waals surface area contributed by atoms with Gasteiger partial charge in [-0.15, -0.1) is 0 Å². The van der Waals surface area contributed by atoms with Crippen molar-refractivity contribution in [2.24, 2.45) is 0 Å². The Morgan fingerprint density at radius 1 is 0.850 bits per heavy atom. The summed E-state index contributed by atoms with van der Waals surface area (Å²) in [6.07, 6.45) is 2.56. The molecule has 1 aromatic heterocycles. The van der Waals surface area contributed by atoms with Crippen LogP contribution in [-0.2, 0) is 0 Å². The van der Waals surface area contributed by atoms with Gasteiger partial charge in [0.05, 0.1) is 17.1 Å². The quantitative estimate of drug-likeness (QED) is 0.681. The zero-order chi connectivity index (χ0) is 13.4. The fraction of sp³-hybridized carbons (Fsp3) is 0.167. The summed E-state index contributed by atoms with van der Waals surface area (Å²) in [5, 5.41) is 4.84. The number of nitrogens with zero attached hydrogens (tertiary/aromatic N) is 2. The number of hydrogen-bond donors (Lipinski definition) is 0. The third kappa shape index (κ3) is 2.03. The van der Waals surface area contributed by atoms with Gasteiger partial charge in [0.1, 0.15) is 0 Å². The molecule has 0 saturated heterocycles. The van der Waals surface area contributed by atoms with Crippen molar-refractivity contribution < 1.29 is 0 Å². The topological polar surface area (TPSA) is 17.8 Å². The van der Waals surface area contributed by atoms with Gasteiger partial charge in [0.15, 0.2) is 0 Å². The largest absolute Gasteiger partial charge is 0.233 e. The van der Waals surface area contributed by atoms with Gasteiger partial charge in [0.2, 0.25) is 0 Å². The van der Waals surface area contributed by atoms with Crippen molar-refractivity contribution >= 4 is 0 Å². The minimum atomic E-state index is 0.669. The van der Waals surface area contributed by atoms with E-state index in [2.05, 4.69) is 65.3 Å². The van der Waals surface area contributed by atoms with Gasteiger partial charge in [-0.25, -0.2) is 4.68 Å². The predicted octanol–water partition coefficient (Wildman–Crippen LogP) is 4.42. The molecule has 4 rings (SSSR count). The summed E-state index contributed by atoms with van der Waals surface area (Å²) in [6.45, 7) is 0. The Morgan fingerprint density at radius 3 is 2.15 bits per heavy atom. The first kappa shape index (κ1) is 11.5. The van der Waals surface area contributed by atoms with Crippen molar-refractivity contribution in [1.82, 2.24) is 9.78 Å². The molecule has 0 amide bonds. The highest BCUT2D eigenvalue weighted by Crippen LogP contribution is 2.41. The second-order valence-electron chi connectivity index (χ2n) is 5.34. The second kappa shape index (κ2) is 4.64. The van der Waals surface area contributed by atoms with Crippen LogP contribution >= 0.6 is 0 Å². The van der Waals surface area contributed by atoms with Gasteiger partial charge in [-0.3, -0.25) is 0 Å². The van der Waals surface area contributed by atoms with E-state index in [4.69, 9.17) is 5.10 Å². The molecule has 1 aliphatic rings. The molecule has 98 valence electrons. The van der Waals surface area contributed by atoms with E-state index in [-0.39, 0.29) is 0 Å². The van der Waals surface area contributed by atoms with E-state index < -0.39 is 0 Å². The van der Waals surface area contributed by atoms with Crippen molar-refractivity contribution in [3.63, 3.8) is 0 Å². The highest BCUT2D eigenvalue weighted by atomic mass is 15.3. The van der Waals surface area contributed by atoms with Crippen molar-refractivity contribution in [1.29, 1.82) is 0 Å². The van der Waals surface area contributed by atoms with Gasteiger partial charge in [-0.05, 0) is 31.0 Å². The van der Waals surface area contributed by atoms with E-state index in [1.807, 2.05) is 6.07 Å². The third-order valence-corrected chi connectivity index (χ3v) is 3.79. The third-order valence-electron chi connectivity index (χ3n) is 3.79. The molecule has 0 unspecified atom stereocenters. The molecule has 20 heavy (non-hydrogen) atoms. The summed E-state index contributed by atoms with van der Waals surface area (Å²) in [7, 11) is 0. The Balaban J connectivity index is 1.88. The molecule has 2 nitrogen and oxygen atoms in total. The lowest BCUT2D eigenvalue weighted by Crippen LogP contribution is -1.99. The van der Waals surface area contributed by atoms with Gasteiger partial charge >= 0.3 is 0 Å². The Labute approximate surface area is 118 Å². The van der Waals surface area contributed by atoms with E-state index in [0.29, 0.717) is 5.92 Å². The maximum atomic E-state index is 4.84. The van der Waals surface area contributed by atoms with Gasteiger partial charge in [-0.1, -0.05) is 48.5 Å². The molecule has 1 fully saturated rings. The minimum Gasteiger partial charge on any atom is -0.233 e. The summed E-state index contributed by atoms with van der Waals surface area (Å²) >= 11 is 0. The van der Waals surface area contributed by atoms with E-state index in [0.717, 1.165) is 5.69 Å². The van der Waals surface area contributed by atoms with Gasteiger partial charge in [0, 0.05) is 11.5 Å². The maximum absolute atomic E-state index is 4.84. The molecule has 1 saturated carbocycles. The molecular formula is C18H16N2. The normalized spacial score (nSPS) is 14.4. The van der Waals surface area contributed by atoms with E-state index in [1.165, 1.54) is 29.8 Å². The van der Waals surface area contributed by atoms with Crippen LogP contribution < -0.4 is 0 Å². The van der Waals surface area contributed by atoms with Crippen molar-refractivity contribution in [2.75, 3.05) is 0 Å². The zero-order valence-corrected chi connectivity index (χ0v) is 11.2. The summed E-state index contributed by atoms with van der Waals surface area (Å²) < 4.78 is 2.07. The number of aromatic nitrogens is 2. The van der Waals surface area contributed by atoms with Crippen molar-refractivity contribution in [3.05, 3.63) is 72.4 Å². The van der Waals surface area contributed by atoms with Crippen LogP contribution in [0.2, 0.25) is 0 Å². The average molecular weight is 260 g/mol. The lowest BCUT2D eigenvalue weighted by molar-refractivity contribution is 0.842. The van der Waals surface area contributed by atoms with Crippen LogP contribution in [-0.4, -0.2) is 9.78 Å². The summed E-state index contributed by atoms with van der Waals surface area (Å²) in [4.78, 5) is 0. The van der Waals surface area contributed by atoms with Gasteiger partial charge < -0.3 is 0 Å². The first-order valence-corrected chi connectivity index (χ1v) is 7.12. The molecule has 0 atom stereocenters. The number of benzene rings is 2. The maximum Gasteiger partial charge on any atom is 0.0743 e. The molecule has 2 heteroatoms. The number of rotatable bonds is 3. The average Bonchev–Trinajstić information content (AvgIpc) is 3.28. The Morgan fingerprint density at radius 2 is 1.50 bits per heavy atom. The van der Waals surface area contributed by atoms with Crippen LogP contribution in [0.3, 0.4) is 0 Å². The minimum absolute atomic E-state index is 0.669. The molecule has 2 aromatic carbocycles. The fourth-order valence-corrected chi connectivity index (χ4v) is 2.56. The standard InChI is InChI=1S/C18H16N2/c1-3-7-15(8-4-1)18-13-17(14-11-12-14)19-20(18)16-9-5-2-6-10-16/h1-10,13-14H,11-12H2. The molecule has 3 aromatic rings. The Hall–Kier alpha value is -2.35. The lowest BCUT2D eigenvalue weighted by Gasteiger charge is -2.07. The summed E-state index contributed by atoms with van der Waals surface area (Å²) in [6, 6.07) is 23.1. The fourth-order valence-electron chi connectivity index (χ4n) is 2.56. The summed E-state index contributed by atoms with van der Waals surface area (Å²) in [5.74, 6) is 0.669. The molecule has 1 aliphatic carbocycles. The SMILES string of the molecule is c1ccc(-c2cc(C3CC3)nn2-c2ccccc2)cc1. The van der Waals surface area contributed by atoms with Crippen LogP contribution in [0.15, 0.2) is 66.7 Å². The van der Waals surface area contributed by atoms with E-state index in [9.17, 15) is 0 Å². The van der Waals surface area contributed by atoms with Crippen LogP contribution in [0.1, 0.15) is 24.5 Å². The molecule has 0 N–H and O–H groups in total. The predicted molar refractivity (Wildman–Crippen MR) is 81.0 cm³/mol. The Kier molecular flexibility index (Phi) is 2.66. The molecule has 1 heterocycles. The summed E-state index contributed by atoms with van der Waals surface area (Å²) in [5.41, 5.74) is 4.75. The van der Waals surface area contributed by atoms with Crippen molar-refractivity contribution in [3.8, 4) is 16.9 Å². The van der Waals surface area contributed by atoms with E-state index >= 15 is 0 Å². The van der Waals surface area contributed by atoms with Gasteiger partial charge in [0.25, 0.3) is 0 Å². The smallest absolute Gasteiger partial charge is 0.0743 e. The highest BCUT2D eigenvalue weighted by molar-refractivity contribution is 5.63. The van der Waals surface area contributed by atoms with Crippen molar-refractivity contribution in [2.45, 2.75) is 18.8 Å². The monoisotopic (exact) mass is 260 g/mol. The molecule has 0 bridgehead atoms. The lowest BCUT2D eigenvalue weighted by atomic mass is 10.1. The highest BCUT2D eigenvalue weighted by Gasteiger charge is 2.27. The molecule has 0 radical (unpaired) electrons. The Bertz CT molecular complexity index is 653. The van der Waals surface area contributed by atoms with Crippen LogP contribution in [0.25, 0.3) is 16.9 Å². The number of hydrogen-bond acceptors (Lipinski definition) is 1. The van der Waals surface area contributed by atoms with Crippen LogP contribution in [0.4, 0.5) is 0 Å². The van der Waals surface area contributed by atoms with E-state index in [1.54, 1.807) is 0 Å². The second-order valence-corrected chi connectivity index (χ2v) is 5.34. The molecule has 0 spiro atoms.